The van der Waals surface area contributed by atoms with E-state index < -0.39 is 0 Å². The molecule has 0 N–H and O–H groups in total. The number of rotatable bonds is 2. The Morgan fingerprint density at radius 3 is 2.69 bits per heavy atom. The van der Waals surface area contributed by atoms with E-state index in [0.717, 1.165) is 24.0 Å². The molecular formula is C21H18FNO3. The molecule has 5 heteroatoms. The van der Waals surface area contributed by atoms with Gasteiger partial charge in [-0.15, -0.1) is 0 Å². The van der Waals surface area contributed by atoms with Crippen LogP contribution < -0.4 is 5.43 Å². The highest BCUT2D eigenvalue weighted by Gasteiger charge is 2.32. The van der Waals surface area contributed by atoms with Crippen LogP contribution in [0.25, 0.3) is 11.0 Å². The lowest BCUT2D eigenvalue weighted by Crippen LogP contribution is -2.31. The number of aryl methyl sites for hydroxylation is 1. The van der Waals surface area contributed by atoms with E-state index in [1.807, 2.05) is 13.0 Å². The molecule has 2 heterocycles. The minimum Gasteiger partial charge on any atom is -0.451 e. The van der Waals surface area contributed by atoms with E-state index in [-0.39, 0.29) is 29.0 Å². The summed E-state index contributed by atoms with van der Waals surface area (Å²) in [6, 6.07) is 12.6. The second-order valence-electron chi connectivity index (χ2n) is 6.68. The number of halogens is 1. The van der Waals surface area contributed by atoms with E-state index in [1.165, 1.54) is 18.2 Å². The van der Waals surface area contributed by atoms with Gasteiger partial charge in [0.05, 0.1) is 11.4 Å². The van der Waals surface area contributed by atoms with Gasteiger partial charge in [-0.1, -0.05) is 18.2 Å². The van der Waals surface area contributed by atoms with Gasteiger partial charge in [-0.25, -0.2) is 4.39 Å². The van der Waals surface area contributed by atoms with E-state index in [4.69, 9.17) is 4.42 Å². The maximum Gasteiger partial charge on any atom is 0.290 e. The van der Waals surface area contributed by atoms with Crippen molar-refractivity contribution in [3.8, 4) is 0 Å². The number of carbonyl (C=O) groups excluding carboxylic acids is 1. The Kier molecular flexibility index (Phi) is 4.07. The number of benzene rings is 2. The van der Waals surface area contributed by atoms with Crippen LogP contribution in [-0.4, -0.2) is 17.4 Å². The van der Waals surface area contributed by atoms with Crippen molar-refractivity contribution in [1.29, 1.82) is 0 Å². The lowest BCUT2D eigenvalue weighted by Gasteiger charge is -2.24. The van der Waals surface area contributed by atoms with E-state index in [9.17, 15) is 14.0 Å². The van der Waals surface area contributed by atoms with E-state index in [0.29, 0.717) is 17.5 Å². The first kappa shape index (κ1) is 16.5. The van der Waals surface area contributed by atoms with Crippen LogP contribution in [0.4, 0.5) is 4.39 Å². The van der Waals surface area contributed by atoms with Crippen LogP contribution in [0, 0.1) is 12.7 Å². The molecule has 0 bridgehead atoms. The van der Waals surface area contributed by atoms with Gasteiger partial charge in [-0.2, -0.15) is 0 Å². The van der Waals surface area contributed by atoms with Crippen LogP contribution in [0.2, 0.25) is 0 Å². The average Bonchev–Trinajstić information content (AvgIpc) is 3.11. The molecule has 0 radical (unpaired) electrons. The molecule has 1 amide bonds. The predicted molar refractivity (Wildman–Crippen MR) is 96.6 cm³/mol. The summed E-state index contributed by atoms with van der Waals surface area (Å²) >= 11 is 0. The molecule has 4 rings (SSSR count). The lowest BCUT2D eigenvalue weighted by atomic mass is 10.0. The number of likely N-dealkylation sites (tertiary alicyclic amines) is 1. The summed E-state index contributed by atoms with van der Waals surface area (Å²) in [5.41, 5.74) is 2.03. The van der Waals surface area contributed by atoms with Gasteiger partial charge in [0.25, 0.3) is 5.91 Å². The first-order valence-electron chi connectivity index (χ1n) is 8.64. The highest BCUT2D eigenvalue weighted by molar-refractivity contribution is 5.93. The van der Waals surface area contributed by atoms with E-state index >= 15 is 0 Å². The van der Waals surface area contributed by atoms with Crippen molar-refractivity contribution in [2.45, 2.75) is 25.8 Å². The molecule has 1 aromatic heterocycles. The van der Waals surface area contributed by atoms with Crippen LogP contribution in [0.1, 0.15) is 40.6 Å². The number of carbonyl (C=O) groups is 1. The molecule has 1 fully saturated rings. The largest absolute Gasteiger partial charge is 0.451 e. The molecule has 1 atom stereocenters. The Bertz CT molecular complexity index is 1040. The zero-order chi connectivity index (χ0) is 18.3. The molecule has 3 aromatic rings. The molecule has 2 aromatic carbocycles. The normalized spacial score (nSPS) is 17.0. The first-order chi connectivity index (χ1) is 12.5. The van der Waals surface area contributed by atoms with Crippen molar-refractivity contribution in [1.82, 2.24) is 4.90 Å². The van der Waals surface area contributed by atoms with Crippen molar-refractivity contribution < 1.29 is 13.6 Å². The van der Waals surface area contributed by atoms with Crippen LogP contribution in [0.3, 0.4) is 0 Å². The minimum atomic E-state index is -0.308. The smallest absolute Gasteiger partial charge is 0.290 e. The van der Waals surface area contributed by atoms with Crippen molar-refractivity contribution in [2.75, 3.05) is 6.54 Å². The van der Waals surface area contributed by atoms with Gasteiger partial charge in [0.2, 0.25) is 0 Å². The summed E-state index contributed by atoms with van der Waals surface area (Å²) in [5, 5.41) is 0.462. The second-order valence-corrected chi connectivity index (χ2v) is 6.68. The molecule has 0 spiro atoms. The molecule has 1 aliphatic heterocycles. The minimum absolute atomic E-state index is 0.0436. The van der Waals surface area contributed by atoms with Crippen LogP contribution in [0.15, 0.2) is 57.7 Å². The van der Waals surface area contributed by atoms with Crippen molar-refractivity contribution in [3.05, 3.63) is 81.5 Å². The zero-order valence-electron chi connectivity index (χ0n) is 14.4. The fraction of sp³-hybridized carbons (Fsp3) is 0.238. The third-order valence-electron chi connectivity index (χ3n) is 4.86. The molecule has 4 nitrogen and oxygen atoms in total. The Hall–Kier alpha value is -2.95. The second kappa shape index (κ2) is 6.41. The van der Waals surface area contributed by atoms with Crippen molar-refractivity contribution in [2.24, 2.45) is 0 Å². The SMILES string of the molecule is Cc1ccc2c(=O)cc(C(=O)N3CCCC3c3ccc(F)cc3)oc2c1. The molecule has 0 saturated carbocycles. The average molecular weight is 351 g/mol. The van der Waals surface area contributed by atoms with Gasteiger partial charge in [0, 0.05) is 12.6 Å². The van der Waals surface area contributed by atoms with E-state index in [1.54, 1.807) is 29.2 Å². The van der Waals surface area contributed by atoms with Crippen LogP contribution in [-0.2, 0) is 0 Å². The summed E-state index contributed by atoms with van der Waals surface area (Å²) in [5.74, 6) is -0.569. The highest BCUT2D eigenvalue weighted by Crippen LogP contribution is 2.33. The Labute approximate surface area is 149 Å². The molecule has 1 saturated heterocycles. The van der Waals surface area contributed by atoms with Gasteiger partial charge in [-0.3, -0.25) is 9.59 Å². The number of amides is 1. The van der Waals surface area contributed by atoms with Crippen molar-refractivity contribution in [3.63, 3.8) is 0 Å². The van der Waals surface area contributed by atoms with Gasteiger partial charge in [0.1, 0.15) is 11.4 Å². The van der Waals surface area contributed by atoms with Crippen LogP contribution >= 0.6 is 0 Å². The summed E-state index contributed by atoms with van der Waals surface area (Å²) in [6.45, 7) is 2.48. The van der Waals surface area contributed by atoms with E-state index in [2.05, 4.69) is 0 Å². The summed E-state index contributed by atoms with van der Waals surface area (Å²) in [6.07, 6.45) is 1.65. The molecule has 1 unspecified atom stereocenters. The van der Waals surface area contributed by atoms with Gasteiger partial charge in [0.15, 0.2) is 11.2 Å². The molecule has 0 aliphatic carbocycles. The monoisotopic (exact) mass is 351 g/mol. The Balaban J connectivity index is 1.71. The number of nitrogens with zero attached hydrogens (tertiary/aromatic N) is 1. The number of fused-ring (bicyclic) bond motifs is 1. The first-order valence-corrected chi connectivity index (χ1v) is 8.64. The van der Waals surface area contributed by atoms with Gasteiger partial charge >= 0.3 is 0 Å². The zero-order valence-corrected chi connectivity index (χ0v) is 14.4. The van der Waals surface area contributed by atoms with Gasteiger partial charge < -0.3 is 9.32 Å². The number of hydrogen-bond acceptors (Lipinski definition) is 3. The lowest BCUT2D eigenvalue weighted by molar-refractivity contribution is 0.0704. The predicted octanol–water partition coefficient (Wildman–Crippen LogP) is 4.22. The summed E-state index contributed by atoms with van der Waals surface area (Å²) in [4.78, 5) is 27.0. The highest BCUT2D eigenvalue weighted by atomic mass is 19.1. The molecule has 132 valence electrons. The summed E-state index contributed by atoms with van der Waals surface area (Å²) < 4.78 is 18.9. The molecule has 26 heavy (non-hydrogen) atoms. The van der Waals surface area contributed by atoms with Gasteiger partial charge in [-0.05, 0) is 55.2 Å². The third-order valence-corrected chi connectivity index (χ3v) is 4.86. The third kappa shape index (κ3) is 2.90. The summed E-state index contributed by atoms with van der Waals surface area (Å²) in [7, 11) is 0. The molecular weight excluding hydrogens is 333 g/mol. The standard InChI is InChI=1S/C21H18FNO3/c1-13-4-9-16-18(24)12-20(26-19(16)11-13)21(25)23-10-2-3-17(23)14-5-7-15(22)8-6-14/h4-9,11-12,17H,2-3,10H2,1H3. The topological polar surface area (TPSA) is 50.5 Å². The van der Waals surface area contributed by atoms with Crippen LogP contribution in [0.5, 0.6) is 0 Å². The maximum atomic E-state index is 13.2. The van der Waals surface area contributed by atoms with Crippen molar-refractivity contribution >= 4 is 16.9 Å². The Morgan fingerprint density at radius 1 is 1.15 bits per heavy atom. The quantitative estimate of drug-likeness (QED) is 0.695. The number of hydrogen-bond donors (Lipinski definition) is 0. The fourth-order valence-electron chi connectivity index (χ4n) is 3.55. The Morgan fingerprint density at radius 2 is 1.92 bits per heavy atom. The maximum absolute atomic E-state index is 13.2. The molecule has 1 aliphatic rings. The fourth-order valence-corrected chi connectivity index (χ4v) is 3.55.